The van der Waals surface area contributed by atoms with Gasteiger partial charge in [0.15, 0.2) is 0 Å². The molecule has 59 heavy (non-hydrogen) atoms. The van der Waals surface area contributed by atoms with Gasteiger partial charge in [0.25, 0.3) is 0 Å². The number of nitrogens with zero attached hydrogens (tertiary/aromatic N) is 1. The molecule has 1 heterocycles. The van der Waals surface area contributed by atoms with E-state index in [-0.39, 0.29) is 10.8 Å². The van der Waals surface area contributed by atoms with Gasteiger partial charge in [-0.05, 0) is 164 Å². The molecule has 6 aliphatic carbocycles. The fraction of sp³-hybridized carbons (Fsp3) is 0.263. The highest BCUT2D eigenvalue weighted by molar-refractivity contribution is 7.04. The minimum Gasteiger partial charge on any atom is -0.310 e. The van der Waals surface area contributed by atoms with Crippen molar-refractivity contribution in [3.05, 3.63) is 174 Å². The molecule has 2 heteroatoms. The molecule has 0 amide bonds. The van der Waals surface area contributed by atoms with Crippen LogP contribution in [0, 0.1) is 23.7 Å². The van der Waals surface area contributed by atoms with Crippen LogP contribution in [-0.4, -0.2) is 8.07 Å². The molecule has 7 aromatic carbocycles. The molecule has 0 saturated heterocycles. The average Bonchev–Trinajstić information content (AvgIpc) is 3.78. The van der Waals surface area contributed by atoms with Crippen LogP contribution in [0.1, 0.15) is 68.2 Å². The molecule has 4 fully saturated rings. The van der Waals surface area contributed by atoms with Crippen molar-refractivity contribution >= 4 is 35.5 Å². The van der Waals surface area contributed by atoms with Gasteiger partial charge < -0.3 is 4.90 Å². The number of anilines is 3. The summed E-state index contributed by atoms with van der Waals surface area (Å²) in [7, 11) is -2.09. The second-order valence-corrected chi connectivity index (χ2v) is 24.4. The van der Waals surface area contributed by atoms with Crippen LogP contribution in [-0.2, 0) is 10.8 Å². The lowest BCUT2D eigenvalue weighted by atomic mass is 9.43. The summed E-state index contributed by atoms with van der Waals surface area (Å²) in [5.74, 6) is 3.42. The van der Waals surface area contributed by atoms with Gasteiger partial charge in [0, 0.05) is 27.8 Å². The zero-order valence-electron chi connectivity index (χ0n) is 34.7. The Kier molecular flexibility index (Phi) is 6.92. The molecule has 0 N–H and O–H groups in total. The number of hydrogen-bond acceptors (Lipinski definition) is 1. The molecule has 4 saturated carbocycles. The molecule has 1 spiro atoms. The molecule has 288 valence electrons. The number of fused-ring (bicyclic) bond motifs is 9. The van der Waals surface area contributed by atoms with Gasteiger partial charge in [-0.3, -0.25) is 0 Å². The summed E-state index contributed by atoms with van der Waals surface area (Å²) in [5.41, 5.74) is 21.3. The summed E-state index contributed by atoms with van der Waals surface area (Å²) < 4.78 is 0. The van der Waals surface area contributed by atoms with Crippen molar-refractivity contribution in [2.75, 3.05) is 4.90 Å². The Labute approximate surface area is 350 Å². The summed E-state index contributed by atoms with van der Waals surface area (Å²) in [6, 6.07) is 59.0. The second-order valence-electron chi connectivity index (χ2n) is 20.1. The number of benzene rings is 7. The van der Waals surface area contributed by atoms with E-state index in [1.54, 1.807) is 21.5 Å². The van der Waals surface area contributed by atoms with Gasteiger partial charge in [0.2, 0.25) is 0 Å². The third-order valence-electron chi connectivity index (χ3n) is 16.6. The first-order chi connectivity index (χ1) is 28.7. The topological polar surface area (TPSA) is 3.24 Å². The Morgan fingerprint density at radius 1 is 0.475 bits per heavy atom. The first-order valence-corrected chi connectivity index (χ1v) is 25.4. The third-order valence-corrected chi connectivity index (χ3v) is 20.2. The lowest BCUT2D eigenvalue weighted by Crippen LogP contribution is -2.55. The molecule has 7 aromatic rings. The maximum atomic E-state index is 2.71. The van der Waals surface area contributed by atoms with Crippen molar-refractivity contribution < 1.29 is 0 Å². The molecule has 1 aliphatic heterocycles. The first-order valence-electron chi connectivity index (χ1n) is 22.4. The Hall–Kier alpha value is -5.44. The minimum absolute atomic E-state index is 0.0662. The molecule has 7 aliphatic rings. The molecule has 14 rings (SSSR count). The standard InChI is InChI=1S/C57H51NSi/c1-56(2)48-20-10-9-17-46(48)54-50(56)22-13-23-52(54)58(40-14-6-5-7-15-40)41-25-27-53-47(34-41)45-19-12-18-42(55(45)59(53,3)4)37-24-26-44-43-16-8-11-21-49(43)57(51(44)33-37)38-29-35-28-36(31-38)32-39(57)30-35/h5-27,33-36,38-39H,28-32H2,1-4H3. The molecule has 0 aromatic heterocycles. The summed E-state index contributed by atoms with van der Waals surface area (Å²) in [6.07, 6.45) is 7.15. The predicted molar refractivity (Wildman–Crippen MR) is 250 cm³/mol. The summed E-state index contributed by atoms with van der Waals surface area (Å²) >= 11 is 0. The molecular formula is C57H51NSi. The van der Waals surface area contributed by atoms with Crippen LogP contribution < -0.4 is 15.3 Å². The normalized spacial score (nSPS) is 24.9. The zero-order valence-corrected chi connectivity index (χ0v) is 35.7. The Morgan fingerprint density at radius 3 is 1.88 bits per heavy atom. The van der Waals surface area contributed by atoms with E-state index < -0.39 is 8.07 Å². The lowest BCUT2D eigenvalue weighted by Gasteiger charge is -2.61. The molecule has 1 nitrogen and oxygen atoms in total. The number of hydrogen-bond donors (Lipinski definition) is 0. The highest BCUT2D eigenvalue weighted by Gasteiger charge is 2.61. The van der Waals surface area contributed by atoms with E-state index in [2.05, 4.69) is 184 Å². The van der Waals surface area contributed by atoms with Crippen LogP contribution in [0.15, 0.2) is 152 Å². The maximum absolute atomic E-state index is 2.71. The highest BCUT2D eigenvalue weighted by atomic mass is 28.3. The Bertz CT molecular complexity index is 2890. The van der Waals surface area contributed by atoms with Gasteiger partial charge in [-0.15, -0.1) is 0 Å². The van der Waals surface area contributed by atoms with Crippen molar-refractivity contribution in [1.82, 2.24) is 0 Å². The van der Waals surface area contributed by atoms with E-state index in [0.717, 1.165) is 23.7 Å². The van der Waals surface area contributed by atoms with E-state index in [4.69, 9.17) is 0 Å². The smallest absolute Gasteiger partial charge is 0.114 e. The van der Waals surface area contributed by atoms with E-state index in [0.29, 0.717) is 0 Å². The van der Waals surface area contributed by atoms with E-state index in [1.807, 2.05) is 0 Å². The maximum Gasteiger partial charge on any atom is 0.114 e. The minimum atomic E-state index is -2.09. The molecule has 0 unspecified atom stereocenters. The Balaban J connectivity index is 0.973. The zero-order chi connectivity index (χ0) is 39.4. The SMILES string of the molecule is CC1(C)c2ccccc2-c2c(N(c3ccccc3)c3ccc4c(c3)-c3cccc(-c5ccc6c(c5)C5(c7ccccc7-6)C6CC7CC(C6)CC5C7)c3[Si]4(C)C)cccc21. The Morgan fingerprint density at radius 2 is 1.10 bits per heavy atom. The van der Waals surface area contributed by atoms with Crippen LogP contribution in [0.4, 0.5) is 17.1 Å². The van der Waals surface area contributed by atoms with Crippen molar-refractivity contribution in [3.8, 4) is 44.5 Å². The lowest BCUT2D eigenvalue weighted by molar-refractivity contribution is -0.0399. The van der Waals surface area contributed by atoms with Crippen molar-refractivity contribution in [1.29, 1.82) is 0 Å². The molecular weight excluding hydrogens is 727 g/mol. The third kappa shape index (κ3) is 4.41. The van der Waals surface area contributed by atoms with E-state index in [1.165, 1.54) is 105 Å². The fourth-order valence-electron chi connectivity index (χ4n) is 14.5. The van der Waals surface area contributed by atoms with Crippen LogP contribution in [0.5, 0.6) is 0 Å². The van der Waals surface area contributed by atoms with Gasteiger partial charge in [0.1, 0.15) is 8.07 Å². The van der Waals surface area contributed by atoms with Gasteiger partial charge in [0.05, 0.1) is 5.69 Å². The molecule has 0 atom stereocenters. The summed E-state index contributed by atoms with van der Waals surface area (Å²) in [4.78, 5) is 2.52. The number of rotatable bonds is 4. The van der Waals surface area contributed by atoms with Gasteiger partial charge >= 0.3 is 0 Å². The quantitative estimate of drug-likeness (QED) is 0.161. The molecule has 0 radical (unpaired) electrons. The van der Waals surface area contributed by atoms with Gasteiger partial charge in [-0.25, -0.2) is 0 Å². The van der Waals surface area contributed by atoms with E-state index >= 15 is 0 Å². The fourth-order valence-corrected chi connectivity index (χ4v) is 18.0. The van der Waals surface area contributed by atoms with E-state index in [9.17, 15) is 0 Å². The van der Waals surface area contributed by atoms with Crippen molar-refractivity contribution in [2.45, 2.75) is 69.9 Å². The second kappa shape index (κ2) is 11.9. The van der Waals surface area contributed by atoms with Gasteiger partial charge in [-0.1, -0.05) is 142 Å². The monoisotopic (exact) mass is 777 g/mol. The van der Waals surface area contributed by atoms with Crippen LogP contribution in [0.25, 0.3) is 44.5 Å². The van der Waals surface area contributed by atoms with Crippen molar-refractivity contribution in [3.63, 3.8) is 0 Å². The van der Waals surface area contributed by atoms with Crippen LogP contribution >= 0.6 is 0 Å². The van der Waals surface area contributed by atoms with Crippen molar-refractivity contribution in [2.24, 2.45) is 23.7 Å². The largest absolute Gasteiger partial charge is 0.310 e. The van der Waals surface area contributed by atoms with Crippen LogP contribution in [0.3, 0.4) is 0 Å². The summed E-state index contributed by atoms with van der Waals surface area (Å²) in [5, 5.41) is 3.15. The number of para-hydroxylation sites is 1. The van der Waals surface area contributed by atoms with Crippen LogP contribution in [0.2, 0.25) is 13.1 Å². The predicted octanol–water partition coefficient (Wildman–Crippen LogP) is 13.7. The average molecular weight is 778 g/mol. The molecule has 4 bridgehead atoms. The summed E-state index contributed by atoms with van der Waals surface area (Å²) in [6.45, 7) is 9.96. The first kappa shape index (κ1) is 34.4. The highest BCUT2D eigenvalue weighted by Crippen LogP contribution is 2.69. The van der Waals surface area contributed by atoms with Gasteiger partial charge in [-0.2, -0.15) is 0 Å².